The molecule has 0 aliphatic rings. The standard InChI is InChI=1S/C14H25N3O2S/c1-4-6-7-11-17(3)20(18,19)13-8-10-16-14(12-13)15-9-5-2/h8,10,12H,4-7,9,11H2,1-3H3,(H,15,16). The summed E-state index contributed by atoms with van der Waals surface area (Å²) in [6.45, 7) is 5.48. The summed E-state index contributed by atoms with van der Waals surface area (Å²) in [6, 6.07) is 3.14. The van der Waals surface area contributed by atoms with Gasteiger partial charge in [-0.05, 0) is 18.9 Å². The van der Waals surface area contributed by atoms with Crippen LogP contribution in [0.15, 0.2) is 23.2 Å². The normalized spacial score (nSPS) is 11.8. The lowest BCUT2D eigenvalue weighted by Gasteiger charge is -2.17. The molecular formula is C14H25N3O2S. The molecule has 1 heterocycles. The number of sulfonamides is 1. The number of rotatable bonds is 9. The van der Waals surface area contributed by atoms with E-state index in [-0.39, 0.29) is 0 Å². The minimum absolute atomic E-state index is 0.296. The zero-order valence-electron chi connectivity index (χ0n) is 12.6. The lowest BCUT2D eigenvalue weighted by Crippen LogP contribution is -2.28. The van der Waals surface area contributed by atoms with Gasteiger partial charge in [-0.25, -0.2) is 17.7 Å². The Labute approximate surface area is 122 Å². The molecule has 1 rings (SSSR count). The van der Waals surface area contributed by atoms with Crippen LogP contribution < -0.4 is 5.32 Å². The van der Waals surface area contributed by atoms with E-state index in [1.54, 1.807) is 19.2 Å². The Balaban J connectivity index is 2.80. The molecule has 0 aromatic carbocycles. The van der Waals surface area contributed by atoms with Crippen molar-refractivity contribution in [2.75, 3.05) is 25.5 Å². The molecule has 6 heteroatoms. The van der Waals surface area contributed by atoms with Gasteiger partial charge in [-0.3, -0.25) is 0 Å². The summed E-state index contributed by atoms with van der Waals surface area (Å²) in [6.07, 6.45) is 5.51. The highest BCUT2D eigenvalue weighted by Gasteiger charge is 2.20. The number of anilines is 1. The number of pyridine rings is 1. The second-order valence-corrected chi connectivity index (χ2v) is 6.88. The Hall–Kier alpha value is -1.14. The summed E-state index contributed by atoms with van der Waals surface area (Å²) in [7, 11) is -1.78. The Bertz CT molecular complexity index is 503. The molecule has 0 saturated carbocycles. The van der Waals surface area contributed by atoms with E-state index in [1.807, 2.05) is 0 Å². The van der Waals surface area contributed by atoms with Crippen molar-refractivity contribution in [2.45, 2.75) is 44.4 Å². The summed E-state index contributed by atoms with van der Waals surface area (Å²) in [5.74, 6) is 0.606. The molecule has 114 valence electrons. The Morgan fingerprint density at radius 2 is 2.00 bits per heavy atom. The van der Waals surface area contributed by atoms with E-state index in [0.29, 0.717) is 17.3 Å². The predicted molar refractivity (Wildman–Crippen MR) is 82.4 cm³/mol. The first-order valence-electron chi connectivity index (χ1n) is 7.18. The van der Waals surface area contributed by atoms with Crippen molar-refractivity contribution in [3.05, 3.63) is 18.3 Å². The van der Waals surface area contributed by atoms with E-state index in [4.69, 9.17) is 0 Å². The smallest absolute Gasteiger partial charge is 0.243 e. The molecule has 1 aromatic heterocycles. The molecule has 0 unspecified atom stereocenters. The third-order valence-corrected chi connectivity index (χ3v) is 4.93. The van der Waals surface area contributed by atoms with E-state index in [2.05, 4.69) is 24.1 Å². The van der Waals surface area contributed by atoms with E-state index < -0.39 is 10.0 Å². The van der Waals surface area contributed by atoms with Gasteiger partial charge < -0.3 is 5.32 Å². The van der Waals surface area contributed by atoms with Crippen molar-refractivity contribution in [3.63, 3.8) is 0 Å². The Morgan fingerprint density at radius 1 is 1.25 bits per heavy atom. The van der Waals surface area contributed by atoms with Crippen LogP contribution in [0.3, 0.4) is 0 Å². The summed E-state index contributed by atoms with van der Waals surface area (Å²) in [5.41, 5.74) is 0. The number of unbranched alkanes of at least 4 members (excludes halogenated alkanes) is 2. The maximum atomic E-state index is 12.4. The minimum Gasteiger partial charge on any atom is -0.370 e. The maximum absolute atomic E-state index is 12.4. The quantitative estimate of drug-likeness (QED) is 0.712. The molecule has 0 atom stereocenters. The van der Waals surface area contributed by atoms with Crippen molar-refractivity contribution >= 4 is 15.8 Å². The molecule has 0 aliphatic heterocycles. The van der Waals surface area contributed by atoms with Gasteiger partial charge in [-0.15, -0.1) is 0 Å². The monoisotopic (exact) mass is 299 g/mol. The van der Waals surface area contributed by atoms with Gasteiger partial charge in [0.1, 0.15) is 5.82 Å². The van der Waals surface area contributed by atoms with Crippen molar-refractivity contribution in [1.29, 1.82) is 0 Å². The van der Waals surface area contributed by atoms with Crippen LogP contribution in [0.1, 0.15) is 39.5 Å². The van der Waals surface area contributed by atoms with Gasteiger partial charge in [0.25, 0.3) is 0 Å². The van der Waals surface area contributed by atoms with E-state index in [1.165, 1.54) is 10.5 Å². The minimum atomic E-state index is -3.41. The first-order chi connectivity index (χ1) is 9.52. The third kappa shape index (κ3) is 4.76. The molecule has 1 aromatic rings. The second kappa shape index (κ2) is 8.21. The fourth-order valence-corrected chi connectivity index (χ4v) is 3.03. The SMILES string of the molecule is CCCCCN(C)S(=O)(=O)c1ccnc(NCCC)c1. The van der Waals surface area contributed by atoms with Gasteiger partial charge in [-0.2, -0.15) is 0 Å². The van der Waals surface area contributed by atoms with Crippen molar-refractivity contribution in [3.8, 4) is 0 Å². The summed E-state index contributed by atoms with van der Waals surface area (Å²) in [4.78, 5) is 4.43. The number of hydrogen-bond donors (Lipinski definition) is 1. The Morgan fingerprint density at radius 3 is 2.65 bits per heavy atom. The van der Waals surface area contributed by atoms with Gasteiger partial charge in [0.15, 0.2) is 0 Å². The third-order valence-electron chi connectivity index (χ3n) is 3.07. The Kier molecular flexibility index (Phi) is 6.95. The molecular weight excluding hydrogens is 274 g/mol. The molecule has 0 spiro atoms. The lowest BCUT2D eigenvalue weighted by molar-refractivity contribution is 0.454. The zero-order chi connectivity index (χ0) is 15.0. The van der Waals surface area contributed by atoms with Crippen LogP contribution in [-0.4, -0.2) is 37.8 Å². The van der Waals surface area contributed by atoms with Crippen molar-refractivity contribution < 1.29 is 8.42 Å². The van der Waals surface area contributed by atoms with Gasteiger partial charge in [-0.1, -0.05) is 26.7 Å². The fraction of sp³-hybridized carbons (Fsp3) is 0.643. The average Bonchev–Trinajstić information content (AvgIpc) is 2.45. The zero-order valence-corrected chi connectivity index (χ0v) is 13.4. The number of nitrogens with zero attached hydrogens (tertiary/aromatic N) is 2. The van der Waals surface area contributed by atoms with Crippen LogP contribution in [0.4, 0.5) is 5.82 Å². The highest BCUT2D eigenvalue weighted by molar-refractivity contribution is 7.89. The molecule has 0 amide bonds. The number of hydrogen-bond acceptors (Lipinski definition) is 4. The molecule has 20 heavy (non-hydrogen) atoms. The number of nitrogens with one attached hydrogen (secondary N) is 1. The average molecular weight is 299 g/mol. The van der Waals surface area contributed by atoms with E-state index >= 15 is 0 Å². The van der Waals surface area contributed by atoms with Gasteiger partial charge in [0.2, 0.25) is 10.0 Å². The van der Waals surface area contributed by atoms with Crippen molar-refractivity contribution in [2.24, 2.45) is 0 Å². The number of aromatic nitrogens is 1. The van der Waals surface area contributed by atoms with E-state index in [0.717, 1.165) is 32.2 Å². The molecule has 0 aliphatic carbocycles. The van der Waals surface area contributed by atoms with Gasteiger partial charge >= 0.3 is 0 Å². The second-order valence-electron chi connectivity index (χ2n) is 4.84. The van der Waals surface area contributed by atoms with Crippen LogP contribution in [0.2, 0.25) is 0 Å². The lowest BCUT2D eigenvalue weighted by atomic mass is 10.2. The first-order valence-corrected chi connectivity index (χ1v) is 8.62. The largest absolute Gasteiger partial charge is 0.370 e. The predicted octanol–water partition coefficient (Wildman–Crippen LogP) is 2.71. The van der Waals surface area contributed by atoms with E-state index in [9.17, 15) is 8.42 Å². The summed E-state index contributed by atoms with van der Waals surface area (Å²) < 4.78 is 26.3. The van der Waals surface area contributed by atoms with Gasteiger partial charge in [0, 0.05) is 32.4 Å². The molecule has 0 radical (unpaired) electrons. The van der Waals surface area contributed by atoms with Crippen LogP contribution >= 0.6 is 0 Å². The van der Waals surface area contributed by atoms with Crippen molar-refractivity contribution in [1.82, 2.24) is 9.29 Å². The van der Waals surface area contributed by atoms with Crippen LogP contribution in [0.5, 0.6) is 0 Å². The fourth-order valence-electron chi connectivity index (χ4n) is 1.81. The van der Waals surface area contributed by atoms with Crippen LogP contribution in [0, 0.1) is 0 Å². The summed E-state index contributed by atoms with van der Waals surface area (Å²) >= 11 is 0. The molecule has 0 fully saturated rings. The topological polar surface area (TPSA) is 62.3 Å². The first kappa shape index (κ1) is 16.9. The summed E-state index contributed by atoms with van der Waals surface area (Å²) in [5, 5.41) is 3.10. The van der Waals surface area contributed by atoms with Crippen LogP contribution in [0.25, 0.3) is 0 Å². The molecule has 5 nitrogen and oxygen atoms in total. The highest BCUT2D eigenvalue weighted by Crippen LogP contribution is 2.17. The molecule has 0 saturated heterocycles. The highest BCUT2D eigenvalue weighted by atomic mass is 32.2. The molecule has 1 N–H and O–H groups in total. The maximum Gasteiger partial charge on any atom is 0.243 e. The van der Waals surface area contributed by atoms with Crippen LogP contribution in [-0.2, 0) is 10.0 Å². The molecule has 0 bridgehead atoms. The van der Waals surface area contributed by atoms with Gasteiger partial charge in [0.05, 0.1) is 4.90 Å².